The second kappa shape index (κ2) is 8.92. The van der Waals surface area contributed by atoms with Gasteiger partial charge in [-0.25, -0.2) is 0 Å². The molecule has 0 fully saturated rings. The molecule has 0 amide bonds. The minimum Gasteiger partial charge on any atom is -0.382 e. The zero-order chi connectivity index (χ0) is 13.6. The van der Waals surface area contributed by atoms with E-state index in [1.165, 1.54) is 0 Å². The van der Waals surface area contributed by atoms with Gasteiger partial charge in [-0.2, -0.15) is 0 Å². The molecule has 0 aliphatic rings. The van der Waals surface area contributed by atoms with Gasteiger partial charge in [0, 0.05) is 13.2 Å². The molecule has 0 saturated heterocycles. The Morgan fingerprint density at radius 2 is 0.765 bits per heavy atom. The number of hydrogen-bond acceptors (Lipinski definition) is 1. The summed E-state index contributed by atoms with van der Waals surface area (Å²) in [6.45, 7) is 5.67. The van der Waals surface area contributed by atoms with Crippen LogP contribution >= 0.6 is 69.6 Å². The van der Waals surface area contributed by atoms with Crippen molar-refractivity contribution in [2.24, 2.45) is 0 Å². The Hall–Kier alpha value is 0.920. The number of hydrogen-bond donors (Lipinski definition) is 0. The van der Waals surface area contributed by atoms with E-state index in [2.05, 4.69) is 0 Å². The SMILES string of the molecule is CCOCC.Clc1c(Cl)c(Cl)c(Cl)c(Cl)c1Cl. The molecule has 17 heavy (non-hydrogen) atoms. The van der Waals surface area contributed by atoms with E-state index in [-0.39, 0.29) is 30.1 Å². The first-order chi connectivity index (χ1) is 7.88. The van der Waals surface area contributed by atoms with E-state index < -0.39 is 0 Å². The zero-order valence-electron chi connectivity index (χ0n) is 9.09. The molecule has 1 rings (SSSR count). The zero-order valence-corrected chi connectivity index (χ0v) is 13.6. The van der Waals surface area contributed by atoms with Gasteiger partial charge in [0.2, 0.25) is 0 Å². The lowest BCUT2D eigenvalue weighted by Crippen LogP contribution is -1.84. The highest BCUT2D eigenvalue weighted by Gasteiger charge is 2.17. The minimum atomic E-state index is 0.109. The Morgan fingerprint density at radius 1 is 0.588 bits per heavy atom. The minimum absolute atomic E-state index is 0.109. The van der Waals surface area contributed by atoms with Crippen molar-refractivity contribution in [2.75, 3.05) is 13.2 Å². The average Bonchev–Trinajstić information content (AvgIpc) is 2.33. The molecule has 1 aromatic rings. The first kappa shape index (κ1) is 17.9. The smallest absolute Gasteiger partial charge is 0.0810 e. The lowest BCUT2D eigenvalue weighted by Gasteiger charge is -2.06. The van der Waals surface area contributed by atoms with Crippen LogP contribution in [0.5, 0.6) is 0 Å². The maximum Gasteiger partial charge on any atom is 0.0810 e. The summed E-state index contributed by atoms with van der Waals surface area (Å²) in [6.07, 6.45) is 0. The molecule has 0 atom stereocenters. The van der Waals surface area contributed by atoms with Gasteiger partial charge < -0.3 is 4.74 Å². The van der Waals surface area contributed by atoms with Crippen LogP contribution < -0.4 is 0 Å². The van der Waals surface area contributed by atoms with E-state index in [0.29, 0.717) is 0 Å². The van der Waals surface area contributed by atoms with Crippen molar-refractivity contribution in [3.05, 3.63) is 30.1 Å². The Balaban J connectivity index is 0.000000437. The van der Waals surface area contributed by atoms with Gasteiger partial charge in [-0.15, -0.1) is 0 Å². The van der Waals surface area contributed by atoms with E-state index in [0.717, 1.165) is 13.2 Å². The fraction of sp³-hybridized carbons (Fsp3) is 0.400. The number of ether oxygens (including phenoxy) is 1. The highest BCUT2D eigenvalue weighted by atomic mass is 35.5. The van der Waals surface area contributed by atoms with Gasteiger partial charge in [0.15, 0.2) is 0 Å². The van der Waals surface area contributed by atoms with Crippen LogP contribution in [0.3, 0.4) is 0 Å². The quantitative estimate of drug-likeness (QED) is 0.424. The van der Waals surface area contributed by atoms with Crippen LogP contribution in [0.2, 0.25) is 30.1 Å². The monoisotopic (exact) mass is 356 g/mol. The molecule has 0 aromatic heterocycles. The van der Waals surface area contributed by atoms with Gasteiger partial charge >= 0.3 is 0 Å². The van der Waals surface area contributed by atoms with Crippen LogP contribution in [0.15, 0.2) is 0 Å². The van der Waals surface area contributed by atoms with E-state index in [1.807, 2.05) is 13.8 Å². The normalized spacial score (nSPS) is 9.88. The van der Waals surface area contributed by atoms with Gasteiger partial charge in [-0.1, -0.05) is 69.6 Å². The first-order valence-electron chi connectivity index (χ1n) is 4.63. The summed E-state index contributed by atoms with van der Waals surface area (Å²) in [4.78, 5) is 0. The summed E-state index contributed by atoms with van der Waals surface area (Å²) in [6, 6.07) is 0. The van der Waals surface area contributed by atoms with E-state index in [9.17, 15) is 0 Å². The second-order valence-electron chi connectivity index (χ2n) is 2.67. The van der Waals surface area contributed by atoms with Gasteiger partial charge in [0.25, 0.3) is 0 Å². The first-order valence-corrected chi connectivity index (χ1v) is 6.89. The van der Waals surface area contributed by atoms with Crippen LogP contribution in [-0.2, 0) is 4.74 Å². The third-order valence-electron chi connectivity index (χ3n) is 1.56. The Labute approximate surface area is 131 Å². The summed E-state index contributed by atoms with van der Waals surface area (Å²) in [5.74, 6) is 0. The number of halogens is 6. The van der Waals surface area contributed by atoms with Gasteiger partial charge in [-0.05, 0) is 13.8 Å². The molecule has 0 aliphatic carbocycles. The van der Waals surface area contributed by atoms with E-state index in [4.69, 9.17) is 74.3 Å². The summed E-state index contributed by atoms with van der Waals surface area (Å²) < 4.78 is 4.83. The van der Waals surface area contributed by atoms with Crippen molar-refractivity contribution in [1.29, 1.82) is 0 Å². The van der Waals surface area contributed by atoms with Crippen molar-refractivity contribution in [1.82, 2.24) is 0 Å². The third kappa shape index (κ3) is 5.20. The molecule has 0 bridgehead atoms. The molecule has 0 unspecified atom stereocenters. The van der Waals surface area contributed by atoms with Crippen LogP contribution in [0.4, 0.5) is 0 Å². The molecule has 0 radical (unpaired) electrons. The molecular weight excluding hydrogens is 349 g/mol. The highest BCUT2D eigenvalue weighted by Crippen LogP contribution is 2.45. The predicted molar refractivity (Wildman–Crippen MR) is 78.7 cm³/mol. The summed E-state index contributed by atoms with van der Waals surface area (Å²) in [5, 5.41) is 0.654. The topological polar surface area (TPSA) is 9.23 Å². The summed E-state index contributed by atoms with van der Waals surface area (Å²) in [5.41, 5.74) is 0. The van der Waals surface area contributed by atoms with Gasteiger partial charge in [0.1, 0.15) is 0 Å². The van der Waals surface area contributed by atoms with E-state index >= 15 is 0 Å². The summed E-state index contributed by atoms with van der Waals surface area (Å²) >= 11 is 34.0. The lowest BCUT2D eigenvalue weighted by molar-refractivity contribution is 0.162. The molecule has 0 saturated carbocycles. The third-order valence-corrected chi connectivity index (χ3v) is 4.41. The fourth-order valence-corrected chi connectivity index (χ4v) is 2.21. The number of benzene rings is 1. The molecule has 0 spiro atoms. The Kier molecular flexibility index (Phi) is 9.41. The fourth-order valence-electron chi connectivity index (χ4n) is 0.782. The summed E-state index contributed by atoms with van der Waals surface area (Å²) in [7, 11) is 0. The maximum absolute atomic E-state index is 5.67. The molecule has 0 N–H and O–H groups in total. The maximum atomic E-state index is 5.67. The van der Waals surface area contributed by atoms with Gasteiger partial charge in [0.05, 0.1) is 30.1 Å². The van der Waals surface area contributed by atoms with Crippen LogP contribution in [0.1, 0.15) is 13.8 Å². The highest BCUT2D eigenvalue weighted by molar-refractivity contribution is 6.59. The van der Waals surface area contributed by atoms with Crippen molar-refractivity contribution in [3.8, 4) is 0 Å². The number of rotatable bonds is 2. The van der Waals surface area contributed by atoms with E-state index in [1.54, 1.807) is 0 Å². The Bertz CT molecular complexity index is 273. The molecule has 1 aromatic carbocycles. The average molecular weight is 359 g/mol. The molecular formula is C10H10Cl6O. The molecule has 7 heteroatoms. The molecule has 1 nitrogen and oxygen atoms in total. The standard InChI is InChI=1S/C6Cl6.C4H10O/c7-1-2(8)4(10)6(12)5(11)3(1)9;1-3-5-4-2/h;3-4H2,1-2H3. The van der Waals surface area contributed by atoms with Crippen molar-refractivity contribution in [3.63, 3.8) is 0 Å². The van der Waals surface area contributed by atoms with Crippen molar-refractivity contribution < 1.29 is 4.74 Å². The Morgan fingerprint density at radius 3 is 0.824 bits per heavy atom. The lowest BCUT2D eigenvalue weighted by atomic mass is 10.3. The molecule has 98 valence electrons. The van der Waals surface area contributed by atoms with Crippen LogP contribution in [-0.4, -0.2) is 13.2 Å². The molecule has 0 heterocycles. The predicted octanol–water partition coefficient (Wildman–Crippen LogP) is 6.65. The largest absolute Gasteiger partial charge is 0.382 e. The van der Waals surface area contributed by atoms with Crippen LogP contribution in [0.25, 0.3) is 0 Å². The van der Waals surface area contributed by atoms with Crippen molar-refractivity contribution >= 4 is 69.6 Å². The van der Waals surface area contributed by atoms with Crippen LogP contribution in [0, 0.1) is 0 Å². The molecule has 0 aliphatic heterocycles. The van der Waals surface area contributed by atoms with Gasteiger partial charge in [-0.3, -0.25) is 0 Å². The van der Waals surface area contributed by atoms with Crippen molar-refractivity contribution in [2.45, 2.75) is 13.8 Å². The second-order valence-corrected chi connectivity index (χ2v) is 4.93.